The maximum Gasteiger partial charge on any atom is 0.337 e. The lowest BCUT2D eigenvalue weighted by Crippen LogP contribution is -2.49. The summed E-state index contributed by atoms with van der Waals surface area (Å²) in [7, 11) is 0. The summed E-state index contributed by atoms with van der Waals surface area (Å²) >= 11 is 0. The quantitative estimate of drug-likeness (QED) is 0.483. The minimum Gasteiger partial charge on any atom is -0.492 e. The Labute approximate surface area is 144 Å². The Morgan fingerprint density at radius 1 is 1.12 bits per heavy atom. The second-order valence-electron chi connectivity index (χ2n) is 4.68. The van der Waals surface area contributed by atoms with Crippen LogP contribution in [0.15, 0.2) is 48.8 Å². The second-order valence-corrected chi connectivity index (χ2v) is 4.68. The Morgan fingerprint density at radius 3 is 2.64 bits per heavy atom. The fourth-order valence-electron chi connectivity index (χ4n) is 1.74. The topological polar surface area (TPSA) is 128 Å². The van der Waals surface area contributed by atoms with Crippen LogP contribution in [0.5, 0.6) is 5.75 Å². The normalized spacial score (nSPS) is 9.40. The van der Waals surface area contributed by atoms with Crippen LogP contribution in [0.2, 0.25) is 0 Å². The molecular weight excluding hydrogens is 324 g/mol. The number of nitrogens with zero attached hydrogens (tertiary/aromatic N) is 2. The zero-order valence-corrected chi connectivity index (χ0v) is 13.2. The third kappa shape index (κ3) is 6.45. The van der Waals surface area contributed by atoms with E-state index in [-0.39, 0.29) is 13.2 Å². The average Bonchev–Trinajstić information content (AvgIpc) is 2.64. The molecule has 25 heavy (non-hydrogen) atoms. The van der Waals surface area contributed by atoms with Gasteiger partial charge in [0.05, 0.1) is 18.2 Å². The number of urea groups is 2. The molecule has 0 fully saturated rings. The molecular formula is C16H16N6O3. The third-order valence-electron chi connectivity index (χ3n) is 2.85. The van der Waals surface area contributed by atoms with Crippen molar-refractivity contribution >= 4 is 17.7 Å². The molecule has 9 heteroatoms. The Balaban J connectivity index is 1.60. The summed E-state index contributed by atoms with van der Waals surface area (Å²) in [6.45, 7) is 0.432. The molecule has 1 aromatic heterocycles. The van der Waals surface area contributed by atoms with Crippen molar-refractivity contribution in [2.75, 3.05) is 18.5 Å². The van der Waals surface area contributed by atoms with Crippen molar-refractivity contribution in [3.8, 4) is 11.8 Å². The van der Waals surface area contributed by atoms with E-state index in [0.717, 1.165) is 0 Å². The van der Waals surface area contributed by atoms with Gasteiger partial charge in [0.1, 0.15) is 12.4 Å². The number of amides is 4. The molecule has 2 rings (SSSR count). The van der Waals surface area contributed by atoms with Gasteiger partial charge in [-0.25, -0.2) is 20.4 Å². The lowest BCUT2D eigenvalue weighted by atomic mass is 10.2. The smallest absolute Gasteiger partial charge is 0.337 e. The van der Waals surface area contributed by atoms with Crippen LogP contribution >= 0.6 is 0 Å². The van der Waals surface area contributed by atoms with Crippen molar-refractivity contribution in [1.82, 2.24) is 21.2 Å². The van der Waals surface area contributed by atoms with E-state index in [0.29, 0.717) is 17.0 Å². The molecule has 4 N–H and O–H groups in total. The number of carbonyl (C=O) groups is 2. The van der Waals surface area contributed by atoms with Crippen molar-refractivity contribution in [2.45, 2.75) is 0 Å². The molecule has 0 aliphatic rings. The third-order valence-corrected chi connectivity index (χ3v) is 2.85. The van der Waals surface area contributed by atoms with Crippen molar-refractivity contribution in [2.24, 2.45) is 0 Å². The number of carbonyl (C=O) groups excluding carboxylic acids is 2. The first-order valence-corrected chi connectivity index (χ1v) is 7.31. The van der Waals surface area contributed by atoms with Crippen LogP contribution in [0.4, 0.5) is 15.3 Å². The van der Waals surface area contributed by atoms with Crippen molar-refractivity contribution in [3.63, 3.8) is 0 Å². The van der Waals surface area contributed by atoms with Crippen molar-refractivity contribution < 1.29 is 14.3 Å². The SMILES string of the molecule is N#Cc1cccc(OCCNC(=O)NNC(=O)Nc2ccncc2)c1. The van der Waals surface area contributed by atoms with E-state index in [1.807, 2.05) is 6.07 Å². The Bertz CT molecular complexity index is 760. The fourth-order valence-corrected chi connectivity index (χ4v) is 1.74. The first-order valence-electron chi connectivity index (χ1n) is 7.31. The van der Waals surface area contributed by atoms with Crippen molar-refractivity contribution in [1.29, 1.82) is 5.26 Å². The maximum atomic E-state index is 11.6. The Morgan fingerprint density at radius 2 is 1.88 bits per heavy atom. The number of rotatable bonds is 5. The lowest BCUT2D eigenvalue weighted by Gasteiger charge is -2.10. The number of benzene rings is 1. The number of hydrogen-bond donors (Lipinski definition) is 4. The van der Waals surface area contributed by atoms with Crippen molar-refractivity contribution in [3.05, 3.63) is 54.4 Å². The van der Waals surface area contributed by atoms with E-state index in [9.17, 15) is 9.59 Å². The maximum absolute atomic E-state index is 11.6. The lowest BCUT2D eigenvalue weighted by molar-refractivity contribution is 0.226. The van der Waals surface area contributed by atoms with Gasteiger partial charge in [0.2, 0.25) is 0 Å². The molecule has 0 aliphatic heterocycles. The van der Waals surface area contributed by atoms with Gasteiger partial charge in [0, 0.05) is 18.1 Å². The molecule has 0 saturated carbocycles. The highest BCUT2D eigenvalue weighted by Crippen LogP contribution is 2.11. The van der Waals surface area contributed by atoms with Crippen LogP contribution in [-0.4, -0.2) is 30.2 Å². The Kier molecular flexibility index (Phi) is 6.57. The number of hydrogen-bond acceptors (Lipinski definition) is 5. The molecule has 128 valence electrons. The number of pyridine rings is 1. The molecule has 0 spiro atoms. The average molecular weight is 340 g/mol. The van der Waals surface area contributed by atoms with E-state index in [2.05, 4.69) is 26.5 Å². The molecule has 0 unspecified atom stereocenters. The largest absolute Gasteiger partial charge is 0.492 e. The molecule has 0 radical (unpaired) electrons. The van der Waals surface area contributed by atoms with E-state index in [1.165, 1.54) is 12.4 Å². The zero-order chi connectivity index (χ0) is 17.9. The molecule has 0 bridgehead atoms. The number of anilines is 1. The van der Waals surface area contributed by atoms with Crippen LogP contribution < -0.4 is 26.2 Å². The molecule has 1 aromatic carbocycles. The van der Waals surface area contributed by atoms with Crippen LogP contribution in [0.25, 0.3) is 0 Å². The van der Waals surface area contributed by atoms with Crippen LogP contribution in [0.1, 0.15) is 5.56 Å². The predicted molar refractivity (Wildman–Crippen MR) is 89.6 cm³/mol. The first-order chi connectivity index (χ1) is 12.2. The van der Waals surface area contributed by atoms with Crippen LogP contribution in [-0.2, 0) is 0 Å². The molecule has 2 aromatic rings. The number of ether oxygens (including phenoxy) is 1. The van der Waals surface area contributed by atoms with Gasteiger partial charge >= 0.3 is 12.1 Å². The van der Waals surface area contributed by atoms with Gasteiger partial charge in [-0.2, -0.15) is 5.26 Å². The summed E-state index contributed by atoms with van der Waals surface area (Å²) in [5, 5.41) is 13.8. The second kappa shape index (κ2) is 9.36. The summed E-state index contributed by atoms with van der Waals surface area (Å²) < 4.78 is 5.40. The summed E-state index contributed by atoms with van der Waals surface area (Å²) in [4.78, 5) is 26.9. The molecule has 9 nitrogen and oxygen atoms in total. The number of nitriles is 1. The standard InChI is InChI=1S/C16H16N6O3/c17-11-12-2-1-3-14(10-12)25-9-8-19-15(23)21-22-16(24)20-13-4-6-18-7-5-13/h1-7,10H,8-9H2,(H2,19,21,23)(H2,18,20,22,24). The molecule has 4 amide bonds. The predicted octanol–water partition coefficient (Wildman–Crippen LogP) is 1.37. The summed E-state index contributed by atoms with van der Waals surface area (Å²) in [5.41, 5.74) is 5.43. The van der Waals surface area contributed by atoms with Gasteiger partial charge in [0.15, 0.2) is 0 Å². The van der Waals surface area contributed by atoms with E-state index in [4.69, 9.17) is 10.00 Å². The highest BCUT2D eigenvalue weighted by Gasteiger charge is 2.04. The first kappa shape index (κ1) is 17.6. The fraction of sp³-hybridized carbons (Fsp3) is 0.125. The van der Waals surface area contributed by atoms with E-state index >= 15 is 0 Å². The minimum atomic E-state index is -0.592. The summed E-state index contributed by atoms with van der Waals surface area (Å²) in [6.07, 6.45) is 3.06. The highest BCUT2D eigenvalue weighted by molar-refractivity contribution is 5.90. The van der Waals surface area contributed by atoms with Gasteiger partial charge in [-0.3, -0.25) is 4.98 Å². The monoisotopic (exact) mass is 340 g/mol. The van der Waals surface area contributed by atoms with Gasteiger partial charge in [0.25, 0.3) is 0 Å². The van der Waals surface area contributed by atoms with Crippen LogP contribution in [0.3, 0.4) is 0 Å². The zero-order valence-electron chi connectivity index (χ0n) is 13.2. The molecule has 0 atom stereocenters. The molecule has 0 aliphatic carbocycles. The van der Waals surface area contributed by atoms with Gasteiger partial charge < -0.3 is 15.4 Å². The summed E-state index contributed by atoms with van der Waals surface area (Å²) in [6, 6.07) is 10.7. The number of hydrazine groups is 1. The Hall–Kier alpha value is -3.80. The molecule has 0 saturated heterocycles. The van der Waals surface area contributed by atoms with Crippen LogP contribution in [0, 0.1) is 11.3 Å². The number of aromatic nitrogens is 1. The van der Waals surface area contributed by atoms with E-state index < -0.39 is 12.1 Å². The van der Waals surface area contributed by atoms with Gasteiger partial charge in [-0.1, -0.05) is 6.07 Å². The number of nitrogens with one attached hydrogen (secondary N) is 4. The van der Waals surface area contributed by atoms with Gasteiger partial charge in [-0.05, 0) is 30.3 Å². The minimum absolute atomic E-state index is 0.214. The van der Waals surface area contributed by atoms with E-state index in [1.54, 1.807) is 36.4 Å². The highest BCUT2D eigenvalue weighted by atomic mass is 16.5. The van der Waals surface area contributed by atoms with Gasteiger partial charge in [-0.15, -0.1) is 0 Å². The molecule has 1 heterocycles. The summed E-state index contributed by atoms with van der Waals surface area (Å²) in [5.74, 6) is 0.538.